The summed E-state index contributed by atoms with van der Waals surface area (Å²) in [5, 5.41) is 17.3. The average molecular weight is 327 g/mol. The summed E-state index contributed by atoms with van der Waals surface area (Å²) >= 11 is 0. The molecule has 24 heavy (non-hydrogen) atoms. The van der Waals surface area contributed by atoms with Crippen molar-refractivity contribution in [2.75, 3.05) is 6.61 Å². The SMILES string of the molecule is O=[N+]([O-])c1cc(OCc2ccccc2)ccc1OCC1NC=CN1. The molecule has 2 aromatic carbocycles. The lowest BCUT2D eigenvalue weighted by atomic mass is 10.2. The van der Waals surface area contributed by atoms with Gasteiger partial charge < -0.3 is 20.1 Å². The minimum atomic E-state index is -0.474. The van der Waals surface area contributed by atoms with Crippen LogP contribution in [-0.2, 0) is 6.61 Å². The Labute approximate surface area is 139 Å². The van der Waals surface area contributed by atoms with Gasteiger partial charge >= 0.3 is 5.69 Å². The van der Waals surface area contributed by atoms with E-state index in [0.717, 1.165) is 5.56 Å². The smallest absolute Gasteiger partial charge is 0.314 e. The highest BCUT2D eigenvalue weighted by molar-refractivity contribution is 5.51. The van der Waals surface area contributed by atoms with Crippen molar-refractivity contribution < 1.29 is 14.4 Å². The lowest BCUT2D eigenvalue weighted by Gasteiger charge is -2.14. The number of nitrogens with one attached hydrogen (secondary N) is 2. The molecule has 0 unspecified atom stereocenters. The topological polar surface area (TPSA) is 85.7 Å². The van der Waals surface area contributed by atoms with Crippen molar-refractivity contribution in [1.29, 1.82) is 0 Å². The number of nitro groups is 1. The summed E-state index contributed by atoms with van der Waals surface area (Å²) in [4.78, 5) is 10.8. The zero-order valence-electron chi connectivity index (χ0n) is 12.8. The van der Waals surface area contributed by atoms with E-state index in [2.05, 4.69) is 10.6 Å². The molecule has 7 heteroatoms. The van der Waals surface area contributed by atoms with Crippen LogP contribution in [0.4, 0.5) is 5.69 Å². The van der Waals surface area contributed by atoms with Gasteiger partial charge in [0.25, 0.3) is 0 Å². The highest BCUT2D eigenvalue weighted by atomic mass is 16.6. The summed E-state index contributed by atoms with van der Waals surface area (Å²) in [6.07, 6.45) is 3.41. The largest absolute Gasteiger partial charge is 0.489 e. The van der Waals surface area contributed by atoms with Crippen molar-refractivity contribution in [2.24, 2.45) is 0 Å². The summed E-state index contributed by atoms with van der Waals surface area (Å²) in [6.45, 7) is 0.609. The van der Waals surface area contributed by atoms with Gasteiger partial charge in [-0.1, -0.05) is 30.3 Å². The van der Waals surface area contributed by atoms with E-state index in [-0.39, 0.29) is 24.2 Å². The Morgan fingerprint density at radius 2 is 1.79 bits per heavy atom. The summed E-state index contributed by atoms with van der Waals surface area (Å²) in [5.41, 5.74) is 0.873. The molecule has 1 aliphatic rings. The van der Waals surface area contributed by atoms with Gasteiger partial charge in [-0.3, -0.25) is 10.1 Å². The molecular formula is C17H17N3O4. The Balaban J connectivity index is 1.66. The predicted molar refractivity (Wildman–Crippen MR) is 88.6 cm³/mol. The highest BCUT2D eigenvalue weighted by Gasteiger charge is 2.18. The standard InChI is InChI=1S/C17H17N3O4/c21-20(22)15-10-14(23-11-13-4-2-1-3-5-13)6-7-16(15)24-12-17-18-8-9-19-17/h1-10,17-19H,11-12H2. The van der Waals surface area contributed by atoms with Crippen molar-refractivity contribution in [3.05, 3.63) is 76.6 Å². The number of nitrogens with zero attached hydrogens (tertiary/aromatic N) is 1. The van der Waals surface area contributed by atoms with Crippen LogP contribution in [0.1, 0.15) is 5.56 Å². The van der Waals surface area contributed by atoms with E-state index in [1.807, 2.05) is 30.3 Å². The zero-order valence-corrected chi connectivity index (χ0v) is 12.8. The molecule has 124 valence electrons. The number of benzene rings is 2. The van der Waals surface area contributed by atoms with Crippen molar-refractivity contribution in [2.45, 2.75) is 12.8 Å². The van der Waals surface area contributed by atoms with Crippen molar-refractivity contribution in [3.63, 3.8) is 0 Å². The maximum atomic E-state index is 11.3. The third kappa shape index (κ3) is 3.95. The number of hydrogen-bond acceptors (Lipinski definition) is 6. The third-order valence-electron chi connectivity index (χ3n) is 3.46. The predicted octanol–water partition coefficient (Wildman–Crippen LogP) is 2.54. The Kier molecular flexibility index (Phi) is 4.81. The molecule has 1 heterocycles. The van der Waals surface area contributed by atoms with Crippen molar-refractivity contribution in [3.8, 4) is 11.5 Å². The maximum absolute atomic E-state index is 11.3. The summed E-state index contributed by atoms with van der Waals surface area (Å²) in [7, 11) is 0. The van der Waals surface area contributed by atoms with Gasteiger partial charge in [-0.15, -0.1) is 0 Å². The van der Waals surface area contributed by atoms with E-state index in [1.165, 1.54) is 6.07 Å². The van der Waals surface area contributed by atoms with Gasteiger partial charge in [-0.05, 0) is 17.7 Å². The second-order valence-electron chi connectivity index (χ2n) is 5.19. The van der Waals surface area contributed by atoms with E-state index >= 15 is 0 Å². The maximum Gasteiger partial charge on any atom is 0.314 e. The average Bonchev–Trinajstić information content (AvgIpc) is 3.13. The van der Waals surface area contributed by atoms with Crippen LogP contribution in [0.15, 0.2) is 60.9 Å². The van der Waals surface area contributed by atoms with Gasteiger partial charge in [0.15, 0.2) is 5.75 Å². The molecule has 2 aromatic rings. The van der Waals surface area contributed by atoms with Crippen LogP contribution in [0, 0.1) is 10.1 Å². The Hall–Kier alpha value is -3.22. The Bertz CT molecular complexity index is 726. The molecule has 0 bridgehead atoms. The summed E-state index contributed by atoms with van der Waals surface area (Å²) in [5.74, 6) is 0.638. The molecule has 0 amide bonds. The highest BCUT2D eigenvalue weighted by Crippen LogP contribution is 2.31. The molecule has 3 rings (SSSR count). The Morgan fingerprint density at radius 3 is 2.50 bits per heavy atom. The van der Waals surface area contributed by atoms with Gasteiger partial charge in [0.05, 0.1) is 11.0 Å². The summed E-state index contributed by atoms with van der Waals surface area (Å²) in [6, 6.07) is 14.2. The van der Waals surface area contributed by atoms with E-state index < -0.39 is 4.92 Å². The molecule has 0 fully saturated rings. The van der Waals surface area contributed by atoms with Crippen LogP contribution in [0.3, 0.4) is 0 Å². The van der Waals surface area contributed by atoms with E-state index in [9.17, 15) is 10.1 Å². The van der Waals surface area contributed by atoms with E-state index in [0.29, 0.717) is 12.4 Å². The van der Waals surface area contributed by atoms with Crippen LogP contribution in [-0.4, -0.2) is 17.7 Å². The van der Waals surface area contributed by atoms with E-state index in [1.54, 1.807) is 24.5 Å². The molecule has 7 nitrogen and oxygen atoms in total. The van der Waals surface area contributed by atoms with Crippen LogP contribution < -0.4 is 20.1 Å². The molecule has 0 saturated heterocycles. The normalized spacial score (nSPS) is 13.2. The number of hydrogen-bond donors (Lipinski definition) is 2. The monoisotopic (exact) mass is 327 g/mol. The molecule has 2 N–H and O–H groups in total. The first-order chi connectivity index (χ1) is 11.7. The zero-order chi connectivity index (χ0) is 16.8. The van der Waals surface area contributed by atoms with Gasteiger partial charge in [0.1, 0.15) is 25.1 Å². The minimum absolute atomic E-state index is 0.0985. The first-order valence-electron chi connectivity index (χ1n) is 7.47. The van der Waals surface area contributed by atoms with Crippen LogP contribution >= 0.6 is 0 Å². The molecule has 0 saturated carbocycles. The second kappa shape index (κ2) is 7.36. The quantitative estimate of drug-likeness (QED) is 0.600. The van der Waals surface area contributed by atoms with Gasteiger partial charge in [0.2, 0.25) is 0 Å². The molecule has 0 aliphatic carbocycles. The minimum Gasteiger partial charge on any atom is -0.489 e. The fraction of sp³-hybridized carbons (Fsp3) is 0.176. The number of rotatable bonds is 7. The second-order valence-corrected chi connectivity index (χ2v) is 5.19. The van der Waals surface area contributed by atoms with Crippen molar-refractivity contribution >= 4 is 5.69 Å². The molecule has 0 aromatic heterocycles. The third-order valence-corrected chi connectivity index (χ3v) is 3.46. The lowest BCUT2D eigenvalue weighted by molar-refractivity contribution is -0.386. The fourth-order valence-electron chi connectivity index (χ4n) is 2.24. The summed E-state index contributed by atoms with van der Waals surface area (Å²) < 4.78 is 11.2. The first-order valence-corrected chi connectivity index (χ1v) is 7.47. The molecule has 0 spiro atoms. The fourth-order valence-corrected chi connectivity index (χ4v) is 2.24. The van der Waals surface area contributed by atoms with Gasteiger partial charge in [-0.25, -0.2) is 0 Å². The van der Waals surface area contributed by atoms with E-state index in [4.69, 9.17) is 9.47 Å². The molecule has 0 atom stereocenters. The number of ether oxygens (including phenoxy) is 2. The first kappa shape index (κ1) is 15.7. The van der Waals surface area contributed by atoms with Crippen LogP contribution in [0.5, 0.6) is 11.5 Å². The Morgan fingerprint density at radius 1 is 1.04 bits per heavy atom. The van der Waals surface area contributed by atoms with Crippen molar-refractivity contribution in [1.82, 2.24) is 10.6 Å². The number of nitro benzene ring substituents is 1. The van der Waals surface area contributed by atoms with Crippen LogP contribution in [0.25, 0.3) is 0 Å². The molecule has 0 radical (unpaired) electrons. The molecular weight excluding hydrogens is 310 g/mol. The van der Waals surface area contributed by atoms with Crippen LogP contribution in [0.2, 0.25) is 0 Å². The molecule has 1 aliphatic heterocycles. The van der Waals surface area contributed by atoms with Gasteiger partial charge in [0, 0.05) is 12.4 Å². The van der Waals surface area contributed by atoms with Gasteiger partial charge in [-0.2, -0.15) is 0 Å². The lowest BCUT2D eigenvalue weighted by Crippen LogP contribution is -2.36.